The third kappa shape index (κ3) is 6.62. The minimum atomic E-state index is -4.89. The Morgan fingerprint density at radius 2 is 2.00 bits per heavy atom. The molecule has 8 nitrogen and oxygen atoms in total. The zero-order valence-electron chi connectivity index (χ0n) is 22.3. The summed E-state index contributed by atoms with van der Waals surface area (Å²) in [6, 6.07) is 9.09. The van der Waals surface area contributed by atoms with Crippen LogP contribution in [0.4, 0.5) is 23.2 Å². The Morgan fingerprint density at radius 1 is 1.26 bits per heavy atom. The molecule has 2 aromatic carbocycles. The van der Waals surface area contributed by atoms with Gasteiger partial charge >= 0.3 is 12.1 Å². The third-order valence-corrected chi connectivity index (χ3v) is 8.42. The van der Waals surface area contributed by atoms with Crippen molar-refractivity contribution < 1.29 is 45.4 Å². The van der Waals surface area contributed by atoms with Gasteiger partial charge in [-0.05, 0) is 61.7 Å². The number of carboxylic acid groups (broad SMARTS) is 1. The van der Waals surface area contributed by atoms with Crippen LogP contribution in [0.25, 0.3) is 11.6 Å². The lowest BCUT2D eigenvalue weighted by Gasteiger charge is -2.35. The first-order chi connectivity index (χ1) is 19.7. The summed E-state index contributed by atoms with van der Waals surface area (Å²) in [4.78, 5) is 14.0. The maximum absolute atomic E-state index is 14.5. The number of fused-ring (bicyclic) bond motifs is 1. The van der Waals surface area contributed by atoms with Crippen LogP contribution in [0.5, 0.6) is 11.6 Å². The van der Waals surface area contributed by atoms with Crippen molar-refractivity contribution in [3.05, 3.63) is 76.2 Å². The number of aliphatic carboxylic acids is 1. The second kappa shape index (κ2) is 12.2. The molecule has 1 aromatic heterocycles. The van der Waals surface area contributed by atoms with E-state index in [1.807, 2.05) is 0 Å². The van der Waals surface area contributed by atoms with E-state index in [0.29, 0.717) is 23.4 Å². The molecule has 1 N–H and O–H groups in total. The summed E-state index contributed by atoms with van der Waals surface area (Å²) in [7, 11) is -4.78. The van der Waals surface area contributed by atoms with Gasteiger partial charge in [0.05, 0.1) is 29.4 Å². The normalized spacial score (nSPS) is 15.6. The number of sulfonamides is 1. The smallest absolute Gasteiger partial charge is 0.417 e. The number of hydrogen-bond donors (Lipinski definition) is 1. The lowest BCUT2D eigenvalue weighted by Crippen LogP contribution is -2.44. The van der Waals surface area contributed by atoms with Crippen LogP contribution < -0.4 is 13.8 Å². The molecule has 0 saturated carbocycles. The fourth-order valence-corrected chi connectivity index (χ4v) is 6.34. The maximum atomic E-state index is 14.5. The number of aromatic nitrogens is 1. The number of halogens is 5. The minimum absolute atomic E-state index is 0.0254. The monoisotopic (exact) mass is 628 g/mol. The van der Waals surface area contributed by atoms with Gasteiger partial charge in [0.25, 0.3) is 10.0 Å². The number of nitrogens with zero attached hydrogens (tertiary/aromatic N) is 2. The Bertz CT molecular complexity index is 1630. The summed E-state index contributed by atoms with van der Waals surface area (Å²) in [6.45, 7) is 2.65. The van der Waals surface area contributed by atoms with E-state index in [4.69, 9.17) is 26.2 Å². The first-order valence-corrected chi connectivity index (χ1v) is 14.4. The quantitative estimate of drug-likeness (QED) is 0.208. The lowest BCUT2D eigenvalue weighted by atomic mass is 10.0. The topological polar surface area (TPSA) is 106 Å². The van der Waals surface area contributed by atoms with Crippen LogP contribution in [0.2, 0.25) is 5.02 Å². The number of hydrogen-bond acceptors (Lipinski definition) is 6. The average Bonchev–Trinajstić information content (AvgIpc) is 2.91. The molecule has 14 heteroatoms. The summed E-state index contributed by atoms with van der Waals surface area (Å²) >= 11 is 6.18. The Kier molecular flexibility index (Phi) is 9.02. The van der Waals surface area contributed by atoms with E-state index in [1.165, 1.54) is 37.3 Å². The van der Waals surface area contributed by atoms with E-state index in [-0.39, 0.29) is 41.5 Å². The molecule has 4 rings (SSSR count). The van der Waals surface area contributed by atoms with Crippen molar-refractivity contribution in [1.82, 2.24) is 4.98 Å². The molecular formula is C28H25ClF4N2O6S. The Hall–Kier alpha value is -3.84. The molecule has 1 atom stereocenters. The number of alkyl halides is 3. The fourth-order valence-electron chi connectivity index (χ4n) is 4.41. The predicted octanol–water partition coefficient (Wildman–Crippen LogP) is 6.67. The third-order valence-electron chi connectivity index (χ3n) is 6.33. The number of pyridine rings is 1. The molecule has 42 heavy (non-hydrogen) atoms. The van der Waals surface area contributed by atoms with E-state index >= 15 is 0 Å². The summed E-state index contributed by atoms with van der Waals surface area (Å²) in [5.41, 5.74) is -0.352. The maximum Gasteiger partial charge on any atom is 0.417 e. The number of rotatable bonds is 9. The van der Waals surface area contributed by atoms with Gasteiger partial charge in [0.15, 0.2) is 4.90 Å². The summed E-state index contributed by atoms with van der Waals surface area (Å²) in [5, 5.41) is 9.30. The Morgan fingerprint density at radius 3 is 2.64 bits per heavy atom. The van der Waals surface area contributed by atoms with Gasteiger partial charge in [-0.3, -0.25) is 9.10 Å². The molecule has 0 radical (unpaired) electrons. The molecular weight excluding hydrogens is 604 g/mol. The molecule has 0 bridgehead atoms. The second-order valence-electron chi connectivity index (χ2n) is 9.32. The first kappa shape index (κ1) is 31.1. The van der Waals surface area contributed by atoms with E-state index in [0.717, 1.165) is 4.31 Å². The minimum Gasteiger partial charge on any atom is -0.486 e. The average molecular weight is 629 g/mol. The summed E-state index contributed by atoms with van der Waals surface area (Å²) < 4.78 is 95.2. The van der Waals surface area contributed by atoms with Crippen molar-refractivity contribution >= 4 is 44.9 Å². The Balaban J connectivity index is 1.86. The molecule has 0 spiro atoms. The molecule has 0 amide bonds. The van der Waals surface area contributed by atoms with Gasteiger partial charge in [-0.15, -0.1) is 0 Å². The number of ether oxygens (including phenoxy) is 2. The first-order valence-electron chi connectivity index (χ1n) is 12.6. The zero-order chi connectivity index (χ0) is 30.8. The molecule has 2 heterocycles. The van der Waals surface area contributed by atoms with Crippen LogP contribution in [0.15, 0.2) is 53.6 Å². The summed E-state index contributed by atoms with van der Waals surface area (Å²) in [6.07, 6.45) is -4.20. The molecule has 1 aliphatic heterocycles. The number of carbonyl (C=O) groups is 1. The molecule has 3 aromatic rings. The lowest BCUT2D eigenvalue weighted by molar-refractivity contribution is -0.138. The van der Waals surface area contributed by atoms with Gasteiger partial charge in [0, 0.05) is 18.2 Å². The number of carboxylic acids is 1. The highest BCUT2D eigenvalue weighted by molar-refractivity contribution is 7.93. The van der Waals surface area contributed by atoms with E-state index in [2.05, 4.69) is 4.98 Å². The fraction of sp³-hybridized carbons (Fsp3) is 0.286. The number of benzene rings is 2. The van der Waals surface area contributed by atoms with Crippen LogP contribution in [0, 0.1) is 5.82 Å². The van der Waals surface area contributed by atoms with Gasteiger partial charge in [0.1, 0.15) is 17.7 Å². The zero-order valence-corrected chi connectivity index (χ0v) is 23.9. The van der Waals surface area contributed by atoms with E-state index in [1.54, 1.807) is 19.1 Å². The highest BCUT2D eigenvalue weighted by Gasteiger charge is 2.39. The molecule has 224 valence electrons. The van der Waals surface area contributed by atoms with Gasteiger partial charge in [-0.2, -0.15) is 13.2 Å². The largest absolute Gasteiger partial charge is 0.486 e. The van der Waals surface area contributed by atoms with Crippen LogP contribution in [0.3, 0.4) is 0 Å². The van der Waals surface area contributed by atoms with Crippen LogP contribution in [-0.4, -0.2) is 43.7 Å². The number of anilines is 1. The number of allylic oxidation sites excluding steroid dienone is 1. The standard InChI is InChI=1S/C28H25ClF4N2O6S/c1-3-40-27-24(13-18(14-34-27)28(31,32)33)42(38,39)35-15-19(8-10-25(36)37)41-23-9-7-17(12-22(23)35)11-16(2)26-20(29)5-4-6-21(26)30/h4-7,9,11-14,19H,3,8,10,15H2,1-2H3,(H,36,37). The van der Waals surface area contributed by atoms with Crippen molar-refractivity contribution in [1.29, 1.82) is 0 Å². The van der Waals surface area contributed by atoms with Gasteiger partial charge < -0.3 is 14.6 Å². The highest BCUT2D eigenvalue weighted by atomic mass is 35.5. The second-order valence-corrected chi connectivity index (χ2v) is 11.6. The van der Waals surface area contributed by atoms with Gasteiger partial charge in [0.2, 0.25) is 5.88 Å². The van der Waals surface area contributed by atoms with Crippen LogP contribution in [-0.2, 0) is 21.0 Å². The summed E-state index contributed by atoms with van der Waals surface area (Å²) in [5.74, 6) is -2.18. The van der Waals surface area contributed by atoms with Gasteiger partial charge in [-0.25, -0.2) is 17.8 Å². The molecule has 0 fully saturated rings. The molecule has 0 saturated heterocycles. The highest BCUT2D eigenvalue weighted by Crippen LogP contribution is 2.42. The SMILES string of the molecule is CCOc1ncc(C(F)(F)F)cc1S(=O)(=O)N1CC(CCC(=O)O)Oc2ccc(C=C(C)c3c(F)cccc3Cl)cc21. The van der Waals surface area contributed by atoms with Crippen molar-refractivity contribution in [2.75, 3.05) is 17.5 Å². The van der Waals surface area contributed by atoms with Crippen molar-refractivity contribution in [2.45, 2.75) is 43.9 Å². The van der Waals surface area contributed by atoms with Crippen molar-refractivity contribution in [3.63, 3.8) is 0 Å². The Labute approximate surface area is 244 Å². The molecule has 1 aliphatic rings. The van der Waals surface area contributed by atoms with E-state index in [9.17, 15) is 30.8 Å². The molecule has 0 aliphatic carbocycles. The van der Waals surface area contributed by atoms with Crippen molar-refractivity contribution in [2.24, 2.45) is 0 Å². The van der Waals surface area contributed by atoms with Gasteiger partial charge in [-0.1, -0.05) is 29.8 Å². The predicted molar refractivity (Wildman–Crippen MR) is 148 cm³/mol. The van der Waals surface area contributed by atoms with Crippen LogP contribution in [0.1, 0.15) is 43.4 Å². The molecule has 1 unspecified atom stereocenters. The van der Waals surface area contributed by atoms with Crippen LogP contribution >= 0.6 is 11.6 Å². The van der Waals surface area contributed by atoms with E-state index < -0.39 is 57.0 Å². The van der Waals surface area contributed by atoms with Crippen molar-refractivity contribution in [3.8, 4) is 11.6 Å².